The van der Waals surface area contributed by atoms with E-state index < -0.39 is 0 Å². The van der Waals surface area contributed by atoms with E-state index in [0.717, 1.165) is 19.6 Å². The highest BCUT2D eigenvalue weighted by atomic mass is 16.5. The summed E-state index contributed by atoms with van der Waals surface area (Å²) in [6.07, 6.45) is 4.97. The van der Waals surface area contributed by atoms with E-state index in [1.54, 1.807) is 0 Å². The third kappa shape index (κ3) is 2.06. The molecule has 1 aromatic carbocycles. The molecular formula is C15H21NO. The van der Waals surface area contributed by atoms with Gasteiger partial charge in [0, 0.05) is 12.5 Å². The molecule has 1 N–H and O–H groups in total. The Morgan fingerprint density at radius 1 is 1.35 bits per heavy atom. The first kappa shape index (κ1) is 11.1. The number of nitrogens with one attached hydrogen (secondary N) is 1. The van der Waals surface area contributed by atoms with Crippen molar-refractivity contribution in [1.82, 2.24) is 5.32 Å². The van der Waals surface area contributed by atoms with Crippen molar-refractivity contribution in [3.63, 3.8) is 0 Å². The first-order valence-electron chi connectivity index (χ1n) is 6.86. The Kier molecular flexibility index (Phi) is 3.06. The second kappa shape index (κ2) is 4.69. The van der Waals surface area contributed by atoms with E-state index in [-0.39, 0.29) is 0 Å². The lowest BCUT2D eigenvalue weighted by atomic mass is 9.94. The average Bonchev–Trinajstić information content (AvgIpc) is 2.96. The highest BCUT2D eigenvalue weighted by Crippen LogP contribution is 2.41. The van der Waals surface area contributed by atoms with Gasteiger partial charge in [-0.25, -0.2) is 0 Å². The van der Waals surface area contributed by atoms with Crippen LogP contribution in [0.25, 0.3) is 0 Å². The fourth-order valence-corrected chi connectivity index (χ4v) is 3.30. The summed E-state index contributed by atoms with van der Waals surface area (Å²) in [5.74, 6) is 1.90. The minimum absolute atomic E-state index is 0.701. The summed E-state index contributed by atoms with van der Waals surface area (Å²) in [6, 6.07) is 7.39. The molecule has 1 aromatic rings. The molecule has 2 unspecified atom stereocenters. The van der Waals surface area contributed by atoms with Crippen LogP contribution in [0.2, 0.25) is 0 Å². The van der Waals surface area contributed by atoms with Crippen LogP contribution in [-0.2, 0) is 6.42 Å². The molecule has 1 saturated carbocycles. The Morgan fingerprint density at radius 3 is 3.18 bits per heavy atom. The summed E-state index contributed by atoms with van der Waals surface area (Å²) in [5.41, 5.74) is 2.87. The maximum Gasteiger partial charge on any atom is 0.126 e. The first-order valence-corrected chi connectivity index (χ1v) is 6.86. The van der Waals surface area contributed by atoms with Crippen molar-refractivity contribution < 1.29 is 4.74 Å². The molecule has 17 heavy (non-hydrogen) atoms. The van der Waals surface area contributed by atoms with Crippen LogP contribution in [0.4, 0.5) is 0 Å². The monoisotopic (exact) mass is 231 g/mol. The van der Waals surface area contributed by atoms with Crippen molar-refractivity contribution in [2.75, 3.05) is 13.2 Å². The molecule has 0 amide bonds. The van der Waals surface area contributed by atoms with Crippen LogP contribution in [0.3, 0.4) is 0 Å². The molecule has 3 rings (SSSR count). The number of ether oxygens (including phenoxy) is 1. The molecule has 0 bridgehead atoms. The Labute approximate surface area is 103 Å². The van der Waals surface area contributed by atoms with E-state index in [2.05, 4.69) is 30.4 Å². The maximum absolute atomic E-state index is 5.82. The van der Waals surface area contributed by atoms with Crippen LogP contribution in [0.1, 0.15) is 43.2 Å². The van der Waals surface area contributed by atoms with Crippen molar-refractivity contribution in [3.05, 3.63) is 29.3 Å². The fraction of sp³-hybridized carbons (Fsp3) is 0.600. The SMILES string of the molecule is CCNC1CCC(c2cccc3c2OCC3)C1. The fourth-order valence-electron chi connectivity index (χ4n) is 3.30. The number of hydrogen-bond donors (Lipinski definition) is 1. The van der Waals surface area contributed by atoms with Crippen LogP contribution in [0.5, 0.6) is 5.75 Å². The number of fused-ring (bicyclic) bond motifs is 1. The molecule has 1 heterocycles. The molecule has 1 aliphatic carbocycles. The summed E-state index contributed by atoms with van der Waals surface area (Å²) in [5, 5.41) is 3.57. The molecule has 2 atom stereocenters. The van der Waals surface area contributed by atoms with Gasteiger partial charge in [0.1, 0.15) is 5.75 Å². The maximum atomic E-state index is 5.82. The lowest BCUT2D eigenvalue weighted by Gasteiger charge is -2.15. The van der Waals surface area contributed by atoms with Crippen LogP contribution >= 0.6 is 0 Å². The smallest absolute Gasteiger partial charge is 0.126 e. The van der Waals surface area contributed by atoms with Crippen molar-refractivity contribution in [1.29, 1.82) is 0 Å². The standard InChI is InChI=1S/C15H21NO/c1-2-16-13-7-6-12(10-13)14-5-3-4-11-8-9-17-15(11)14/h3-5,12-13,16H,2,6-10H2,1H3. The summed E-state index contributed by atoms with van der Waals surface area (Å²) in [6.45, 7) is 4.15. The molecule has 2 heteroatoms. The van der Waals surface area contributed by atoms with Crippen LogP contribution in [-0.4, -0.2) is 19.2 Å². The second-order valence-corrected chi connectivity index (χ2v) is 5.20. The van der Waals surface area contributed by atoms with Gasteiger partial charge in [-0.05, 0) is 42.9 Å². The van der Waals surface area contributed by atoms with E-state index in [9.17, 15) is 0 Å². The minimum atomic E-state index is 0.701. The predicted octanol–water partition coefficient (Wildman–Crippen LogP) is 2.87. The molecule has 0 saturated heterocycles. The highest BCUT2D eigenvalue weighted by Gasteiger charge is 2.29. The van der Waals surface area contributed by atoms with E-state index in [0.29, 0.717) is 12.0 Å². The number of rotatable bonds is 3. The number of para-hydroxylation sites is 1. The summed E-state index contributed by atoms with van der Waals surface area (Å²) in [7, 11) is 0. The van der Waals surface area contributed by atoms with Gasteiger partial charge in [0.05, 0.1) is 6.61 Å². The summed E-state index contributed by atoms with van der Waals surface area (Å²) < 4.78 is 5.82. The quantitative estimate of drug-likeness (QED) is 0.863. The zero-order chi connectivity index (χ0) is 11.7. The van der Waals surface area contributed by atoms with Gasteiger partial charge in [-0.15, -0.1) is 0 Å². The van der Waals surface area contributed by atoms with Gasteiger partial charge in [0.25, 0.3) is 0 Å². The number of hydrogen-bond acceptors (Lipinski definition) is 2. The normalized spacial score (nSPS) is 26.9. The molecule has 92 valence electrons. The van der Waals surface area contributed by atoms with E-state index in [1.165, 1.54) is 36.1 Å². The van der Waals surface area contributed by atoms with E-state index >= 15 is 0 Å². The van der Waals surface area contributed by atoms with Gasteiger partial charge < -0.3 is 10.1 Å². The van der Waals surface area contributed by atoms with E-state index in [1.807, 2.05) is 0 Å². The molecule has 1 aliphatic heterocycles. The van der Waals surface area contributed by atoms with Crippen molar-refractivity contribution in [3.8, 4) is 5.75 Å². The zero-order valence-electron chi connectivity index (χ0n) is 10.5. The van der Waals surface area contributed by atoms with Gasteiger partial charge in [0.15, 0.2) is 0 Å². The molecular weight excluding hydrogens is 210 g/mol. The van der Waals surface area contributed by atoms with Gasteiger partial charge >= 0.3 is 0 Å². The van der Waals surface area contributed by atoms with Crippen molar-refractivity contribution >= 4 is 0 Å². The van der Waals surface area contributed by atoms with Crippen molar-refractivity contribution in [2.24, 2.45) is 0 Å². The molecule has 0 spiro atoms. The lowest BCUT2D eigenvalue weighted by Crippen LogP contribution is -2.25. The molecule has 1 fully saturated rings. The molecule has 0 aromatic heterocycles. The Hall–Kier alpha value is -1.02. The molecule has 0 radical (unpaired) electrons. The van der Waals surface area contributed by atoms with Crippen LogP contribution in [0, 0.1) is 0 Å². The largest absolute Gasteiger partial charge is 0.493 e. The van der Waals surface area contributed by atoms with Crippen LogP contribution in [0.15, 0.2) is 18.2 Å². The lowest BCUT2D eigenvalue weighted by molar-refractivity contribution is 0.351. The third-order valence-electron chi connectivity index (χ3n) is 4.11. The number of benzene rings is 1. The third-order valence-corrected chi connectivity index (χ3v) is 4.11. The predicted molar refractivity (Wildman–Crippen MR) is 69.7 cm³/mol. The second-order valence-electron chi connectivity index (χ2n) is 5.20. The summed E-state index contributed by atoms with van der Waals surface area (Å²) >= 11 is 0. The highest BCUT2D eigenvalue weighted by molar-refractivity contribution is 5.46. The molecule has 2 aliphatic rings. The van der Waals surface area contributed by atoms with Gasteiger partial charge in [0.2, 0.25) is 0 Å². The van der Waals surface area contributed by atoms with Gasteiger partial charge in [-0.1, -0.05) is 25.1 Å². The zero-order valence-corrected chi connectivity index (χ0v) is 10.5. The van der Waals surface area contributed by atoms with Crippen LogP contribution < -0.4 is 10.1 Å². The average molecular weight is 231 g/mol. The molecule has 2 nitrogen and oxygen atoms in total. The van der Waals surface area contributed by atoms with E-state index in [4.69, 9.17) is 4.74 Å². The first-order chi connectivity index (χ1) is 8.38. The Morgan fingerprint density at radius 2 is 2.29 bits per heavy atom. The summed E-state index contributed by atoms with van der Waals surface area (Å²) in [4.78, 5) is 0. The van der Waals surface area contributed by atoms with Gasteiger partial charge in [-0.3, -0.25) is 0 Å². The minimum Gasteiger partial charge on any atom is -0.493 e. The Balaban J connectivity index is 1.79. The topological polar surface area (TPSA) is 21.3 Å². The van der Waals surface area contributed by atoms with Crippen molar-refractivity contribution in [2.45, 2.75) is 44.6 Å². The Bertz CT molecular complexity index is 402. The van der Waals surface area contributed by atoms with Gasteiger partial charge in [-0.2, -0.15) is 0 Å².